The first-order valence-electron chi connectivity index (χ1n) is 8.65. The predicted molar refractivity (Wildman–Crippen MR) is 125 cm³/mol. The molecule has 2 aromatic heterocycles. The Balaban J connectivity index is 1.49. The van der Waals surface area contributed by atoms with Gasteiger partial charge in [0.05, 0.1) is 11.1 Å². The van der Waals surface area contributed by atoms with E-state index in [-0.39, 0.29) is 11.8 Å². The average molecular weight is 471 g/mol. The van der Waals surface area contributed by atoms with Crippen LogP contribution in [-0.4, -0.2) is 21.8 Å². The van der Waals surface area contributed by atoms with Crippen LogP contribution >= 0.6 is 44.3 Å². The van der Waals surface area contributed by atoms with E-state index in [4.69, 9.17) is 0 Å². The molecular formula is C20H14N4O2S4. The Morgan fingerprint density at radius 1 is 0.700 bits per heavy atom. The van der Waals surface area contributed by atoms with Crippen molar-refractivity contribution in [3.05, 3.63) is 82.8 Å². The Kier molecular flexibility index (Phi) is 6.80. The van der Waals surface area contributed by atoms with Crippen molar-refractivity contribution in [3.63, 3.8) is 0 Å². The van der Waals surface area contributed by atoms with E-state index in [1.54, 1.807) is 35.3 Å². The highest BCUT2D eigenvalue weighted by Gasteiger charge is 2.16. The molecule has 0 spiro atoms. The molecule has 0 saturated carbocycles. The quantitative estimate of drug-likeness (QED) is 0.327. The number of hydrogen-bond donors (Lipinski definition) is 2. The average Bonchev–Trinajstić information content (AvgIpc) is 3.47. The third kappa shape index (κ3) is 5.08. The Bertz CT molecular complexity index is 1060. The number of anilines is 2. The highest BCUT2D eigenvalue weighted by Crippen LogP contribution is 2.40. The molecule has 0 bridgehead atoms. The van der Waals surface area contributed by atoms with Gasteiger partial charge in [0, 0.05) is 32.9 Å². The Morgan fingerprint density at radius 2 is 1.13 bits per heavy atom. The van der Waals surface area contributed by atoms with E-state index in [1.807, 2.05) is 36.4 Å². The summed E-state index contributed by atoms with van der Waals surface area (Å²) in [6.45, 7) is 0. The van der Waals surface area contributed by atoms with Gasteiger partial charge in [-0.05, 0) is 24.3 Å². The monoisotopic (exact) mass is 470 g/mol. The number of amides is 2. The van der Waals surface area contributed by atoms with Crippen LogP contribution in [0.2, 0.25) is 0 Å². The number of benzene rings is 2. The minimum absolute atomic E-state index is 0.219. The molecule has 0 fully saturated rings. The van der Waals surface area contributed by atoms with Crippen LogP contribution in [0.1, 0.15) is 20.7 Å². The SMILES string of the molecule is O=C(Nc1nccs1)c1ccccc1SSc1ccccc1C(=O)Nc1nccs1. The van der Waals surface area contributed by atoms with Crippen LogP contribution in [0.3, 0.4) is 0 Å². The highest BCUT2D eigenvalue weighted by molar-refractivity contribution is 8.76. The summed E-state index contributed by atoms with van der Waals surface area (Å²) in [5, 5.41) is 10.3. The molecule has 4 aromatic rings. The number of rotatable bonds is 7. The lowest BCUT2D eigenvalue weighted by Gasteiger charge is -2.10. The number of thiazole rings is 2. The summed E-state index contributed by atoms with van der Waals surface area (Å²) in [5.41, 5.74) is 1.10. The van der Waals surface area contributed by atoms with Crippen molar-refractivity contribution in [2.75, 3.05) is 10.6 Å². The summed E-state index contributed by atoms with van der Waals surface area (Å²) in [7, 11) is 2.85. The molecule has 4 rings (SSSR count). The van der Waals surface area contributed by atoms with E-state index in [2.05, 4.69) is 20.6 Å². The van der Waals surface area contributed by atoms with Crippen molar-refractivity contribution in [1.82, 2.24) is 9.97 Å². The maximum Gasteiger partial charge on any atom is 0.258 e. The standard InChI is InChI=1S/C20H14N4O2S4/c25-17(23-19-21-9-11-27-19)13-5-1-3-7-15(13)29-30-16-8-4-2-6-14(16)18(26)24-20-22-10-12-28-20/h1-12H,(H,21,23,25)(H,22,24,26). The predicted octanol–water partition coefficient (Wildman–Crippen LogP) is 5.90. The van der Waals surface area contributed by atoms with Crippen LogP contribution in [-0.2, 0) is 0 Å². The lowest BCUT2D eigenvalue weighted by Crippen LogP contribution is -2.13. The molecule has 6 nitrogen and oxygen atoms in total. The zero-order valence-corrected chi connectivity index (χ0v) is 18.5. The molecule has 2 heterocycles. The molecule has 0 saturated heterocycles. The van der Waals surface area contributed by atoms with E-state index in [0.717, 1.165) is 9.79 Å². The van der Waals surface area contributed by atoms with Gasteiger partial charge in [-0.3, -0.25) is 20.2 Å². The molecule has 150 valence electrons. The molecule has 0 aliphatic rings. The van der Waals surface area contributed by atoms with Crippen molar-refractivity contribution in [2.24, 2.45) is 0 Å². The van der Waals surface area contributed by atoms with Gasteiger partial charge < -0.3 is 0 Å². The van der Waals surface area contributed by atoms with Crippen molar-refractivity contribution in [3.8, 4) is 0 Å². The van der Waals surface area contributed by atoms with Gasteiger partial charge in [0.1, 0.15) is 0 Å². The first-order chi connectivity index (χ1) is 14.7. The third-order valence-electron chi connectivity index (χ3n) is 3.79. The second-order valence-corrected chi connectivity index (χ2v) is 9.74. The maximum absolute atomic E-state index is 12.7. The van der Waals surface area contributed by atoms with E-state index >= 15 is 0 Å². The lowest BCUT2D eigenvalue weighted by molar-refractivity contribution is 0.101. The van der Waals surface area contributed by atoms with Crippen LogP contribution in [0.25, 0.3) is 0 Å². The number of carbonyl (C=O) groups is 2. The van der Waals surface area contributed by atoms with Gasteiger partial charge >= 0.3 is 0 Å². The van der Waals surface area contributed by atoms with Gasteiger partial charge in [0.25, 0.3) is 11.8 Å². The van der Waals surface area contributed by atoms with Crippen LogP contribution in [0, 0.1) is 0 Å². The summed E-state index contributed by atoms with van der Waals surface area (Å²) in [6, 6.07) is 14.7. The summed E-state index contributed by atoms with van der Waals surface area (Å²) >= 11 is 2.73. The first-order valence-corrected chi connectivity index (χ1v) is 12.6. The van der Waals surface area contributed by atoms with Crippen molar-refractivity contribution < 1.29 is 9.59 Å². The second-order valence-electron chi connectivity index (χ2n) is 5.74. The maximum atomic E-state index is 12.7. The third-order valence-corrected chi connectivity index (χ3v) is 7.65. The fourth-order valence-corrected chi connectivity index (χ4v) is 5.85. The van der Waals surface area contributed by atoms with Gasteiger partial charge in [0.15, 0.2) is 10.3 Å². The van der Waals surface area contributed by atoms with Gasteiger partial charge in [0.2, 0.25) is 0 Å². The molecule has 0 radical (unpaired) electrons. The molecule has 2 N–H and O–H groups in total. The van der Waals surface area contributed by atoms with Crippen LogP contribution in [0.4, 0.5) is 10.3 Å². The Morgan fingerprint density at radius 3 is 1.53 bits per heavy atom. The highest BCUT2D eigenvalue weighted by atomic mass is 33.1. The molecule has 0 aliphatic heterocycles. The zero-order valence-electron chi connectivity index (χ0n) is 15.3. The number of carbonyl (C=O) groups excluding carboxylic acids is 2. The summed E-state index contributed by atoms with van der Waals surface area (Å²) in [6.07, 6.45) is 3.29. The second kappa shape index (κ2) is 9.90. The Hall–Kier alpha value is -2.66. The molecule has 0 aliphatic carbocycles. The fourth-order valence-electron chi connectivity index (χ4n) is 2.44. The number of nitrogens with one attached hydrogen (secondary N) is 2. The summed E-state index contributed by atoms with van der Waals surface area (Å²) in [4.78, 5) is 35.1. The number of nitrogens with zero attached hydrogens (tertiary/aromatic N) is 2. The van der Waals surface area contributed by atoms with Crippen molar-refractivity contribution in [2.45, 2.75) is 9.79 Å². The van der Waals surface area contributed by atoms with E-state index < -0.39 is 0 Å². The number of aromatic nitrogens is 2. The molecule has 30 heavy (non-hydrogen) atoms. The minimum Gasteiger partial charge on any atom is -0.298 e. The van der Waals surface area contributed by atoms with Crippen LogP contribution in [0.15, 0.2) is 81.5 Å². The minimum atomic E-state index is -0.219. The fraction of sp³-hybridized carbons (Fsp3) is 0. The van der Waals surface area contributed by atoms with Crippen LogP contribution < -0.4 is 10.6 Å². The molecule has 0 unspecified atom stereocenters. The molecule has 0 atom stereocenters. The molecule has 2 amide bonds. The van der Waals surface area contributed by atoms with E-state index in [1.165, 1.54) is 44.3 Å². The topological polar surface area (TPSA) is 84.0 Å². The largest absolute Gasteiger partial charge is 0.298 e. The molecule has 2 aromatic carbocycles. The number of hydrogen-bond acceptors (Lipinski definition) is 8. The van der Waals surface area contributed by atoms with E-state index in [9.17, 15) is 9.59 Å². The van der Waals surface area contributed by atoms with Gasteiger partial charge in [-0.2, -0.15) is 0 Å². The van der Waals surface area contributed by atoms with Gasteiger partial charge in [-0.1, -0.05) is 45.9 Å². The van der Waals surface area contributed by atoms with Crippen molar-refractivity contribution in [1.29, 1.82) is 0 Å². The Labute approximate surface area is 188 Å². The van der Waals surface area contributed by atoms with E-state index in [0.29, 0.717) is 21.4 Å². The lowest BCUT2D eigenvalue weighted by atomic mass is 10.2. The zero-order chi connectivity index (χ0) is 20.8. The van der Waals surface area contributed by atoms with Crippen molar-refractivity contribution >= 4 is 66.3 Å². The summed E-state index contributed by atoms with van der Waals surface area (Å²) < 4.78 is 0. The normalized spacial score (nSPS) is 10.5. The van der Waals surface area contributed by atoms with Crippen LogP contribution in [0.5, 0.6) is 0 Å². The smallest absolute Gasteiger partial charge is 0.258 e. The summed E-state index contributed by atoms with van der Waals surface area (Å²) in [5.74, 6) is -0.438. The van der Waals surface area contributed by atoms with Gasteiger partial charge in [-0.25, -0.2) is 9.97 Å². The van der Waals surface area contributed by atoms with Gasteiger partial charge in [-0.15, -0.1) is 22.7 Å². The molecular weight excluding hydrogens is 457 g/mol. The first kappa shape index (κ1) is 20.6. The molecule has 10 heteroatoms.